The fourth-order valence-electron chi connectivity index (χ4n) is 3.32. The first-order chi connectivity index (χ1) is 11.8. The maximum atomic E-state index is 12.6. The first-order valence-corrected chi connectivity index (χ1v) is 8.02. The van der Waals surface area contributed by atoms with E-state index < -0.39 is 29.9 Å². The minimum atomic E-state index is -4.20. The van der Waals surface area contributed by atoms with Gasteiger partial charge in [-0.1, -0.05) is 17.2 Å². The second-order valence-corrected chi connectivity index (χ2v) is 6.38. The number of rotatable bonds is 3. The van der Waals surface area contributed by atoms with E-state index in [9.17, 15) is 27.6 Å². The Morgan fingerprint density at radius 2 is 1.56 bits per heavy atom. The fraction of sp³-hybridized carbons (Fsp3) is 0.471. The average Bonchev–Trinajstić information content (AvgIpc) is 2.80. The lowest BCUT2D eigenvalue weighted by atomic mass is 9.80. The number of alkyl halides is 3. The first-order valence-electron chi connectivity index (χ1n) is 8.02. The summed E-state index contributed by atoms with van der Waals surface area (Å²) in [4.78, 5) is 41.1. The van der Waals surface area contributed by atoms with Gasteiger partial charge in [-0.05, 0) is 43.7 Å². The molecule has 134 valence electrons. The van der Waals surface area contributed by atoms with Crippen LogP contribution in [0.1, 0.15) is 52.8 Å². The van der Waals surface area contributed by atoms with Crippen LogP contribution in [0.4, 0.5) is 13.2 Å². The number of benzene rings is 1. The number of amides is 2. The number of hydrogen-bond donors (Lipinski definition) is 0. The van der Waals surface area contributed by atoms with E-state index >= 15 is 0 Å². The minimum Gasteiger partial charge on any atom is -0.330 e. The summed E-state index contributed by atoms with van der Waals surface area (Å²) in [6.07, 6.45) is -3.82. The number of halogens is 3. The van der Waals surface area contributed by atoms with Gasteiger partial charge in [0, 0.05) is 0 Å². The van der Waals surface area contributed by atoms with Gasteiger partial charge >= 0.3 is 12.1 Å². The Kier molecular flexibility index (Phi) is 4.53. The van der Waals surface area contributed by atoms with Crippen LogP contribution in [0.5, 0.6) is 0 Å². The molecule has 1 aliphatic heterocycles. The van der Waals surface area contributed by atoms with Gasteiger partial charge in [-0.25, -0.2) is 4.79 Å². The van der Waals surface area contributed by atoms with Crippen LogP contribution in [0, 0.1) is 11.8 Å². The Hall–Kier alpha value is -2.38. The molecular formula is C17H16F3NO4. The second-order valence-electron chi connectivity index (χ2n) is 6.38. The lowest BCUT2D eigenvalue weighted by Crippen LogP contribution is -2.34. The maximum Gasteiger partial charge on any atom is 0.391 e. The molecule has 1 aromatic rings. The molecule has 8 heteroatoms. The summed E-state index contributed by atoms with van der Waals surface area (Å²) in [5, 5.41) is 0.425. The number of hydroxylamine groups is 2. The van der Waals surface area contributed by atoms with Crippen molar-refractivity contribution >= 4 is 17.8 Å². The molecule has 0 spiro atoms. The van der Waals surface area contributed by atoms with Gasteiger partial charge in [0.2, 0.25) is 0 Å². The van der Waals surface area contributed by atoms with Gasteiger partial charge in [-0.2, -0.15) is 13.2 Å². The molecule has 2 amide bonds. The van der Waals surface area contributed by atoms with Gasteiger partial charge in [0.25, 0.3) is 11.8 Å². The zero-order valence-electron chi connectivity index (χ0n) is 13.2. The van der Waals surface area contributed by atoms with Crippen molar-refractivity contribution in [1.29, 1.82) is 0 Å². The van der Waals surface area contributed by atoms with Gasteiger partial charge in [-0.3, -0.25) is 9.59 Å². The summed E-state index contributed by atoms with van der Waals surface area (Å²) in [7, 11) is 0. The fourth-order valence-corrected chi connectivity index (χ4v) is 3.32. The van der Waals surface area contributed by atoms with Crippen molar-refractivity contribution in [2.45, 2.75) is 38.3 Å². The molecule has 0 N–H and O–H groups in total. The van der Waals surface area contributed by atoms with Crippen molar-refractivity contribution in [2.24, 2.45) is 11.8 Å². The smallest absolute Gasteiger partial charge is 0.330 e. The third kappa shape index (κ3) is 3.52. The van der Waals surface area contributed by atoms with Crippen molar-refractivity contribution in [1.82, 2.24) is 5.06 Å². The number of nitrogens with zero attached hydrogens (tertiary/aromatic N) is 1. The molecule has 1 aromatic carbocycles. The van der Waals surface area contributed by atoms with E-state index in [1.807, 2.05) is 0 Å². The van der Waals surface area contributed by atoms with Gasteiger partial charge in [0.05, 0.1) is 23.5 Å². The van der Waals surface area contributed by atoms with Gasteiger partial charge in [0.1, 0.15) is 0 Å². The van der Waals surface area contributed by atoms with Gasteiger partial charge < -0.3 is 4.84 Å². The van der Waals surface area contributed by atoms with Crippen LogP contribution in [0.3, 0.4) is 0 Å². The Morgan fingerprint density at radius 3 is 2.04 bits per heavy atom. The molecule has 5 nitrogen and oxygen atoms in total. The zero-order valence-corrected chi connectivity index (χ0v) is 13.2. The third-order valence-electron chi connectivity index (χ3n) is 4.71. The van der Waals surface area contributed by atoms with E-state index in [-0.39, 0.29) is 49.1 Å². The topological polar surface area (TPSA) is 63.7 Å². The van der Waals surface area contributed by atoms with E-state index in [1.54, 1.807) is 12.1 Å². The Labute approximate surface area is 141 Å². The molecule has 1 aliphatic carbocycles. The van der Waals surface area contributed by atoms with Crippen LogP contribution in [0.25, 0.3) is 0 Å². The normalized spacial score (nSPS) is 23.6. The highest BCUT2D eigenvalue weighted by Gasteiger charge is 2.42. The summed E-state index contributed by atoms with van der Waals surface area (Å²) in [5.41, 5.74) is 0.317. The summed E-state index contributed by atoms with van der Waals surface area (Å²) >= 11 is 0. The standard InChI is InChI=1S/C17H16F3NO4/c18-17(19,20)11-7-5-10(6-8-11)9-14(22)25-21-15(23)12-3-1-2-4-13(12)16(21)24/h1-4,10-11H,5-9H2. The summed E-state index contributed by atoms with van der Waals surface area (Å²) in [6, 6.07) is 6.10. The molecular weight excluding hydrogens is 339 g/mol. The predicted octanol–water partition coefficient (Wildman–Crippen LogP) is 3.50. The van der Waals surface area contributed by atoms with Crippen LogP contribution in [-0.4, -0.2) is 29.0 Å². The first kappa shape index (κ1) is 17.4. The highest BCUT2D eigenvalue weighted by atomic mass is 19.4. The van der Waals surface area contributed by atoms with Crippen molar-refractivity contribution in [2.75, 3.05) is 0 Å². The number of fused-ring (bicyclic) bond motifs is 1. The second kappa shape index (κ2) is 6.50. The summed E-state index contributed by atoms with van der Waals surface area (Å²) in [6.45, 7) is 0. The molecule has 0 saturated heterocycles. The molecule has 2 aliphatic rings. The van der Waals surface area contributed by atoms with E-state index in [0.29, 0.717) is 5.06 Å². The molecule has 0 unspecified atom stereocenters. The lowest BCUT2D eigenvalue weighted by molar-refractivity contribution is -0.185. The molecule has 0 bridgehead atoms. The predicted molar refractivity (Wildman–Crippen MR) is 79.2 cm³/mol. The Balaban J connectivity index is 1.55. The van der Waals surface area contributed by atoms with E-state index in [2.05, 4.69) is 0 Å². The van der Waals surface area contributed by atoms with Crippen molar-refractivity contribution in [3.05, 3.63) is 35.4 Å². The van der Waals surface area contributed by atoms with E-state index in [4.69, 9.17) is 4.84 Å². The highest BCUT2D eigenvalue weighted by molar-refractivity contribution is 6.20. The molecule has 25 heavy (non-hydrogen) atoms. The monoisotopic (exact) mass is 355 g/mol. The molecule has 0 radical (unpaired) electrons. The van der Waals surface area contributed by atoms with Crippen LogP contribution < -0.4 is 0 Å². The molecule has 1 heterocycles. The Bertz CT molecular complexity index is 673. The van der Waals surface area contributed by atoms with Crippen molar-refractivity contribution < 1.29 is 32.4 Å². The largest absolute Gasteiger partial charge is 0.391 e. The number of imide groups is 1. The van der Waals surface area contributed by atoms with Crippen molar-refractivity contribution in [3.8, 4) is 0 Å². The van der Waals surface area contributed by atoms with Crippen molar-refractivity contribution in [3.63, 3.8) is 0 Å². The number of carbonyl (C=O) groups excluding carboxylic acids is 3. The molecule has 3 rings (SSSR count). The maximum absolute atomic E-state index is 12.6. The lowest BCUT2D eigenvalue weighted by Gasteiger charge is -2.29. The van der Waals surface area contributed by atoms with Crippen LogP contribution in [0.2, 0.25) is 0 Å². The molecule has 1 saturated carbocycles. The zero-order chi connectivity index (χ0) is 18.2. The quantitative estimate of drug-likeness (QED) is 0.779. The van der Waals surface area contributed by atoms with Crippen LogP contribution in [0.15, 0.2) is 24.3 Å². The summed E-state index contributed by atoms with van der Waals surface area (Å²) in [5.74, 6) is -3.77. The summed E-state index contributed by atoms with van der Waals surface area (Å²) < 4.78 is 37.9. The van der Waals surface area contributed by atoms with E-state index in [0.717, 1.165) is 0 Å². The number of hydrogen-bond acceptors (Lipinski definition) is 4. The highest BCUT2D eigenvalue weighted by Crippen LogP contribution is 2.40. The van der Waals surface area contributed by atoms with Gasteiger partial charge in [-0.15, -0.1) is 0 Å². The molecule has 0 aromatic heterocycles. The van der Waals surface area contributed by atoms with E-state index in [1.165, 1.54) is 12.1 Å². The average molecular weight is 355 g/mol. The number of carbonyl (C=O) groups is 3. The molecule has 0 atom stereocenters. The van der Waals surface area contributed by atoms with Gasteiger partial charge in [0.15, 0.2) is 0 Å². The minimum absolute atomic E-state index is 0.0194. The molecule has 1 fully saturated rings. The van der Waals surface area contributed by atoms with Crippen LogP contribution in [-0.2, 0) is 9.63 Å². The third-order valence-corrected chi connectivity index (χ3v) is 4.71. The SMILES string of the molecule is O=C(CC1CCC(C(F)(F)F)CC1)ON1C(=O)c2ccccc2C1=O. The Morgan fingerprint density at radius 1 is 1.04 bits per heavy atom. The van der Waals surface area contributed by atoms with Crippen LogP contribution >= 0.6 is 0 Å².